The second-order valence-electron chi connectivity index (χ2n) is 3.98. The van der Waals surface area contributed by atoms with Gasteiger partial charge in [0.25, 0.3) is 0 Å². The highest BCUT2D eigenvalue weighted by atomic mass is 32.2. The molecule has 0 aromatic carbocycles. The average Bonchev–Trinajstić information content (AvgIpc) is 2.01. The van der Waals surface area contributed by atoms with Crippen molar-refractivity contribution in [3.05, 3.63) is 23.8 Å². The molecule has 1 aliphatic carbocycles. The zero-order valence-electron chi connectivity index (χ0n) is 8.82. The van der Waals surface area contributed by atoms with E-state index in [0.29, 0.717) is 5.92 Å². The molecule has 1 N–H and O–H groups in total. The maximum Gasteiger partial charge on any atom is 0.209 e. The first kappa shape index (κ1) is 11.5. The summed E-state index contributed by atoms with van der Waals surface area (Å²) < 4.78 is 24.6. The summed E-state index contributed by atoms with van der Waals surface area (Å²) in [6.07, 6.45) is 7.83. The molecule has 4 heteroatoms. The van der Waals surface area contributed by atoms with Crippen LogP contribution in [-0.4, -0.2) is 20.7 Å². The summed E-state index contributed by atoms with van der Waals surface area (Å²) in [5.74, 6) is 0.476. The van der Waals surface area contributed by atoms with Crippen molar-refractivity contribution in [1.29, 1.82) is 0 Å². The minimum atomic E-state index is -3.10. The largest absolute Gasteiger partial charge is 0.213 e. The van der Waals surface area contributed by atoms with Gasteiger partial charge in [-0.25, -0.2) is 13.1 Å². The van der Waals surface area contributed by atoms with Crippen LogP contribution in [0.5, 0.6) is 0 Å². The van der Waals surface area contributed by atoms with Gasteiger partial charge in [0.15, 0.2) is 0 Å². The van der Waals surface area contributed by atoms with Crippen LogP contribution in [-0.2, 0) is 10.0 Å². The Labute approximate surface area is 85.9 Å². The van der Waals surface area contributed by atoms with Crippen LogP contribution in [0.2, 0.25) is 0 Å². The molecule has 0 spiro atoms. The van der Waals surface area contributed by atoms with Crippen LogP contribution in [0.1, 0.15) is 20.3 Å². The van der Waals surface area contributed by atoms with Gasteiger partial charge in [0.1, 0.15) is 0 Å². The van der Waals surface area contributed by atoms with Crippen LogP contribution in [0.4, 0.5) is 0 Å². The van der Waals surface area contributed by atoms with Crippen LogP contribution in [0.25, 0.3) is 0 Å². The van der Waals surface area contributed by atoms with E-state index in [1.54, 1.807) is 0 Å². The van der Waals surface area contributed by atoms with Gasteiger partial charge in [0.05, 0.1) is 6.26 Å². The van der Waals surface area contributed by atoms with Crippen LogP contribution in [0, 0.1) is 5.92 Å². The lowest BCUT2D eigenvalue weighted by Gasteiger charge is -2.20. The number of sulfonamides is 1. The van der Waals surface area contributed by atoms with Crippen LogP contribution < -0.4 is 4.72 Å². The Morgan fingerprint density at radius 3 is 2.64 bits per heavy atom. The van der Waals surface area contributed by atoms with Gasteiger partial charge in [-0.1, -0.05) is 37.6 Å². The van der Waals surface area contributed by atoms with Gasteiger partial charge < -0.3 is 0 Å². The summed E-state index contributed by atoms with van der Waals surface area (Å²) >= 11 is 0. The van der Waals surface area contributed by atoms with E-state index in [-0.39, 0.29) is 6.04 Å². The highest BCUT2D eigenvalue weighted by molar-refractivity contribution is 7.88. The van der Waals surface area contributed by atoms with Crippen LogP contribution >= 0.6 is 0 Å². The zero-order valence-corrected chi connectivity index (χ0v) is 9.64. The third kappa shape index (κ3) is 3.64. The topological polar surface area (TPSA) is 46.2 Å². The van der Waals surface area contributed by atoms with Gasteiger partial charge in [0, 0.05) is 6.04 Å². The van der Waals surface area contributed by atoms with Crippen molar-refractivity contribution < 1.29 is 8.42 Å². The Bertz CT molecular complexity index is 352. The number of hydrogen-bond donors (Lipinski definition) is 1. The molecule has 0 saturated carbocycles. The molecular weight excluding hydrogens is 198 g/mol. The Balaban J connectivity index is 2.64. The first-order valence-corrected chi connectivity index (χ1v) is 6.62. The summed E-state index contributed by atoms with van der Waals surface area (Å²) in [7, 11) is -3.10. The molecule has 0 amide bonds. The molecule has 1 unspecified atom stereocenters. The minimum absolute atomic E-state index is 0.0765. The smallest absolute Gasteiger partial charge is 0.209 e. The third-order valence-corrected chi connectivity index (χ3v) is 2.95. The summed E-state index contributed by atoms with van der Waals surface area (Å²) in [5.41, 5.74) is 1.29. The standard InChI is InChI=1S/C10H17NO2S/c1-8(2)9-5-4-6-10(7-9)11-14(3,12)13/h4-6,8,10-11H,7H2,1-3H3. The van der Waals surface area contributed by atoms with Crippen molar-refractivity contribution >= 4 is 10.0 Å². The second kappa shape index (κ2) is 4.28. The molecule has 0 fully saturated rings. The van der Waals surface area contributed by atoms with Gasteiger partial charge in [-0.05, 0) is 12.3 Å². The fourth-order valence-electron chi connectivity index (χ4n) is 1.49. The molecule has 0 radical (unpaired) electrons. The van der Waals surface area contributed by atoms with E-state index in [0.717, 1.165) is 6.42 Å². The summed E-state index contributed by atoms with van der Waals surface area (Å²) in [6, 6.07) is -0.0765. The fourth-order valence-corrected chi connectivity index (χ4v) is 2.20. The quantitative estimate of drug-likeness (QED) is 0.774. The van der Waals surface area contributed by atoms with Gasteiger partial charge in [0.2, 0.25) is 10.0 Å². The molecule has 0 aliphatic heterocycles. The van der Waals surface area contributed by atoms with E-state index in [4.69, 9.17) is 0 Å². The number of nitrogens with one attached hydrogen (secondary N) is 1. The maximum atomic E-state index is 11.0. The highest BCUT2D eigenvalue weighted by Crippen LogP contribution is 2.20. The first-order valence-electron chi connectivity index (χ1n) is 4.73. The molecule has 0 aromatic rings. The molecule has 1 atom stereocenters. The van der Waals surface area contributed by atoms with E-state index in [1.807, 2.05) is 12.2 Å². The molecule has 80 valence electrons. The normalized spacial score (nSPS) is 22.6. The number of allylic oxidation sites excluding steroid dienone is 2. The lowest BCUT2D eigenvalue weighted by Crippen LogP contribution is -2.34. The van der Waals surface area contributed by atoms with Crippen molar-refractivity contribution in [2.75, 3.05) is 6.26 Å². The monoisotopic (exact) mass is 215 g/mol. The molecule has 0 bridgehead atoms. The molecule has 1 rings (SSSR count). The van der Waals surface area contributed by atoms with Gasteiger partial charge >= 0.3 is 0 Å². The third-order valence-electron chi connectivity index (χ3n) is 2.22. The SMILES string of the molecule is CC(C)C1=CC=CC(NS(C)(=O)=O)C1. The molecule has 0 aromatic heterocycles. The van der Waals surface area contributed by atoms with Crippen LogP contribution in [0.15, 0.2) is 23.8 Å². The molecule has 14 heavy (non-hydrogen) atoms. The highest BCUT2D eigenvalue weighted by Gasteiger charge is 2.16. The van der Waals surface area contributed by atoms with Crippen molar-refractivity contribution in [2.45, 2.75) is 26.3 Å². The van der Waals surface area contributed by atoms with Crippen LogP contribution in [0.3, 0.4) is 0 Å². The predicted octanol–water partition coefficient (Wildman–Crippen LogP) is 1.45. The molecule has 0 heterocycles. The predicted molar refractivity (Wildman–Crippen MR) is 58.4 cm³/mol. The molecule has 0 saturated heterocycles. The summed E-state index contributed by atoms with van der Waals surface area (Å²) in [6.45, 7) is 4.23. The summed E-state index contributed by atoms with van der Waals surface area (Å²) in [5, 5.41) is 0. The first-order chi connectivity index (χ1) is 6.38. The van der Waals surface area contributed by atoms with E-state index in [9.17, 15) is 8.42 Å². The minimum Gasteiger partial charge on any atom is -0.213 e. The van der Waals surface area contributed by atoms with E-state index >= 15 is 0 Å². The van der Waals surface area contributed by atoms with Gasteiger partial charge in [-0.2, -0.15) is 0 Å². The Morgan fingerprint density at radius 1 is 1.50 bits per heavy atom. The number of rotatable bonds is 3. The second-order valence-corrected chi connectivity index (χ2v) is 5.76. The average molecular weight is 215 g/mol. The fraction of sp³-hybridized carbons (Fsp3) is 0.600. The van der Waals surface area contributed by atoms with Gasteiger partial charge in [-0.15, -0.1) is 0 Å². The van der Waals surface area contributed by atoms with Crippen molar-refractivity contribution in [1.82, 2.24) is 4.72 Å². The lowest BCUT2D eigenvalue weighted by atomic mass is 9.93. The summed E-state index contributed by atoms with van der Waals surface area (Å²) in [4.78, 5) is 0. The molecule has 3 nitrogen and oxygen atoms in total. The number of hydrogen-bond acceptors (Lipinski definition) is 2. The molecule has 1 aliphatic rings. The Kier molecular flexibility index (Phi) is 3.50. The van der Waals surface area contributed by atoms with Crippen molar-refractivity contribution in [3.63, 3.8) is 0 Å². The van der Waals surface area contributed by atoms with E-state index in [2.05, 4.69) is 24.6 Å². The van der Waals surface area contributed by atoms with E-state index < -0.39 is 10.0 Å². The zero-order chi connectivity index (χ0) is 10.8. The van der Waals surface area contributed by atoms with Crippen molar-refractivity contribution in [3.8, 4) is 0 Å². The van der Waals surface area contributed by atoms with E-state index in [1.165, 1.54) is 11.8 Å². The Morgan fingerprint density at radius 2 is 2.14 bits per heavy atom. The lowest BCUT2D eigenvalue weighted by molar-refractivity contribution is 0.567. The maximum absolute atomic E-state index is 11.0. The molecular formula is C10H17NO2S. The van der Waals surface area contributed by atoms with Crippen molar-refractivity contribution in [2.24, 2.45) is 5.92 Å². The van der Waals surface area contributed by atoms with Gasteiger partial charge in [-0.3, -0.25) is 0 Å². The Hall–Kier alpha value is -0.610.